The van der Waals surface area contributed by atoms with Gasteiger partial charge in [-0.1, -0.05) is 19.1 Å². The van der Waals surface area contributed by atoms with Crippen LogP contribution in [-0.4, -0.2) is 16.7 Å². The molecule has 1 unspecified atom stereocenters. The maximum Gasteiger partial charge on any atom is 0.137 e. The number of aromatic nitrogens is 2. The Kier molecular flexibility index (Phi) is 4.99. The number of halogens is 2. The fourth-order valence-electron chi connectivity index (χ4n) is 1.99. The Hall–Kier alpha value is -1.33. The SMILES string of the molecule is CCNC(Cc1cccc(F)c1Br)c1ccnnc1. The molecule has 1 atom stereocenters. The molecule has 100 valence electrons. The van der Waals surface area contributed by atoms with Crippen molar-refractivity contribution in [2.45, 2.75) is 19.4 Å². The molecule has 0 bridgehead atoms. The monoisotopic (exact) mass is 323 g/mol. The van der Waals surface area contributed by atoms with Crippen LogP contribution in [0.4, 0.5) is 4.39 Å². The van der Waals surface area contributed by atoms with Crippen molar-refractivity contribution in [2.75, 3.05) is 6.54 Å². The lowest BCUT2D eigenvalue weighted by Crippen LogP contribution is -2.23. The van der Waals surface area contributed by atoms with Gasteiger partial charge in [0.1, 0.15) is 5.82 Å². The molecule has 0 aliphatic carbocycles. The van der Waals surface area contributed by atoms with Crippen LogP contribution in [0.15, 0.2) is 41.1 Å². The zero-order valence-electron chi connectivity index (χ0n) is 10.6. The van der Waals surface area contributed by atoms with Gasteiger partial charge in [-0.2, -0.15) is 10.2 Å². The number of benzene rings is 1. The predicted molar refractivity (Wildman–Crippen MR) is 76.3 cm³/mol. The van der Waals surface area contributed by atoms with Crippen LogP contribution in [0.5, 0.6) is 0 Å². The molecule has 0 radical (unpaired) electrons. The molecule has 1 N–H and O–H groups in total. The minimum atomic E-state index is -0.236. The fraction of sp³-hybridized carbons (Fsp3) is 0.286. The second-order valence-corrected chi connectivity index (χ2v) is 5.00. The Morgan fingerprint density at radius 2 is 2.16 bits per heavy atom. The van der Waals surface area contributed by atoms with Gasteiger partial charge in [0.2, 0.25) is 0 Å². The van der Waals surface area contributed by atoms with Crippen molar-refractivity contribution in [3.63, 3.8) is 0 Å². The van der Waals surface area contributed by atoms with E-state index in [-0.39, 0.29) is 11.9 Å². The molecule has 0 aliphatic heterocycles. The third kappa shape index (κ3) is 3.58. The first-order valence-electron chi connectivity index (χ1n) is 6.15. The fourth-order valence-corrected chi connectivity index (χ4v) is 2.41. The summed E-state index contributed by atoms with van der Waals surface area (Å²) < 4.78 is 14.1. The smallest absolute Gasteiger partial charge is 0.137 e. The van der Waals surface area contributed by atoms with Gasteiger partial charge in [-0.15, -0.1) is 0 Å². The normalized spacial score (nSPS) is 12.4. The highest BCUT2D eigenvalue weighted by molar-refractivity contribution is 9.10. The van der Waals surface area contributed by atoms with Gasteiger partial charge in [-0.25, -0.2) is 4.39 Å². The summed E-state index contributed by atoms with van der Waals surface area (Å²) in [7, 11) is 0. The molecule has 1 aromatic heterocycles. The highest BCUT2D eigenvalue weighted by atomic mass is 79.9. The summed E-state index contributed by atoms with van der Waals surface area (Å²) in [5.74, 6) is -0.236. The molecular weight excluding hydrogens is 309 g/mol. The summed E-state index contributed by atoms with van der Waals surface area (Å²) in [6.07, 6.45) is 4.10. The third-order valence-electron chi connectivity index (χ3n) is 2.92. The van der Waals surface area contributed by atoms with Crippen molar-refractivity contribution in [1.82, 2.24) is 15.5 Å². The van der Waals surface area contributed by atoms with Gasteiger partial charge in [0.05, 0.1) is 10.7 Å². The number of nitrogens with one attached hydrogen (secondary N) is 1. The number of likely N-dealkylation sites (N-methyl/N-ethyl adjacent to an activating group) is 1. The highest BCUT2D eigenvalue weighted by Crippen LogP contribution is 2.25. The Bertz CT molecular complexity index is 533. The van der Waals surface area contributed by atoms with Gasteiger partial charge in [-0.3, -0.25) is 0 Å². The van der Waals surface area contributed by atoms with E-state index in [0.29, 0.717) is 10.9 Å². The van der Waals surface area contributed by atoms with Crippen LogP contribution in [0.2, 0.25) is 0 Å². The topological polar surface area (TPSA) is 37.8 Å². The largest absolute Gasteiger partial charge is 0.310 e. The van der Waals surface area contributed by atoms with Gasteiger partial charge in [-0.05, 0) is 52.2 Å². The first kappa shape index (κ1) is 14.1. The number of rotatable bonds is 5. The zero-order chi connectivity index (χ0) is 13.7. The predicted octanol–water partition coefficient (Wildman–Crippen LogP) is 3.27. The average Bonchev–Trinajstić information content (AvgIpc) is 2.44. The van der Waals surface area contributed by atoms with E-state index in [1.54, 1.807) is 18.5 Å². The van der Waals surface area contributed by atoms with Crippen LogP contribution in [0.25, 0.3) is 0 Å². The Morgan fingerprint density at radius 3 is 2.84 bits per heavy atom. The second-order valence-electron chi connectivity index (χ2n) is 4.20. The summed E-state index contributed by atoms with van der Waals surface area (Å²) in [6.45, 7) is 2.88. The summed E-state index contributed by atoms with van der Waals surface area (Å²) in [5, 5.41) is 11.1. The van der Waals surface area contributed by atoms with Crippen LogP contribution < -0.4 is 5.32 Å². The molecule has 0 amide bonds. The molecule has 0 fully saturated rings. The van der Waals surface area contributed by atoms with E-state index in [4.69, 9.17) is 0 Å². The third-order valence-corrected chi connectivity index (χ3v) is 3.80. The molecule has 2 rings (SSSR count). The molecule has 2 aromatic rings. The van der Waals surface area contributed by atoms with Crippen molar-refractivity contribution >= 4 is 15.9 Å². The van der Waals surface area contributed by atoms with Gasteiger partial charge in [0, 0.05) is 12.2 Å². The van der Waals surface area contributed by atoms with Crippen LogP contribution in [-0.2, 0) is 6.42 Å². The van der Waals surface area contributed by atoms with E-state index in [0.717, 1.165) is 17.7 Å². The number of hydrogen-bond donors (Lipinski definition) is 1. The van der Waals surface area contributed by atoms with Crippen molar-refractivity contribution < 1.29 is 4.39 Å². The Morgan fingerprint density at radius 1 is 1.32 bits per heavy atom. The minimum absolute atomic E-state index is 0.0959. The molecule has 0 aliphatic rings. The van der Waals surface area contributed by atoms with E-state index in [9.17, 15) is 4.39 Å². The number of nitrogens with zero attached hydrogens (tertiary/aromatic N) is 2. The maximum absolute atomic E-state index is 13.5. The summed E-state index contributed by atoms with van der Waals surface area (Å²) in [5.41, 5.74) is 1.98. The van der Waals surface area contributed by atoms with Crippen LogP contribution in [0, 0.1) is 5.82 Å². The van der Waals surface area contributed by atoms with E-state index in [1.165, 1.54) is 6.07 Å². The first-order chi connectivity index (χ1) is 9.22. The van der Waals surface area contributed by atoms with E-state index in [2.05, 4.69) is 31.4 Å². The lowest BCUT2D eigenvalue weighted by molar-refractivity contribution is 0.542. The molecular formula is C14H15BrFN3. The van der Waals surface area contributed by atoms with Crippen molar-refractivity contribution in [3.8, 4) is 0 Å². The van der Waals surface area contributed by atoms with E-state index in [1.807, 2.05) is 19.1 Å². The van der Waals surface area contributed by atoms with Gasteiger partial charge in [0.25, 0.3) is 0 Å². The quantitative estimate of drug-likeness (QED) is 0.917. The van der Waals surface area contributed by atoms with Gasteiger partial charge < -0.3 is 5.32 Å². The van der Waals surface area contributed by atoms with E-state index >= 15 is 0 Å². The minimum Gasteiger partial charge on any atom is -0.310 e. The van der Waals surface area contributed by atoms with Crippen molar-refractivity contribution in [3.05, 3.63) is 58.1 Å². The summed E-state index contributed by atoms with van der Waals surface area (Å²) >= 11 is 3.30. The molecule has 0 saturated carbocycles. The Labute approximate surface area is 120 Å². The summed E-state index contributed by atoms with van der Waals surface area (Å²) in [6, 6.07) is 7.12. The average molecular weight is 324 g/mol. The van der Waals surface area contributed by atoms with Gasteiger partial charge in [0.15, 0.2) is 0 Å². The maximum atomic E-state index is 13.5. The number of hydrogen-bond acceptors (Lipinski definition) is 3. The molecule has 0 saturated heterocycles. The molecule has 5 heteroatoms. The highest BCUT2D eigenvalue weighted by Gasteiger charge is 2.14. The molecule has 3 nitrogen and oxygen atoms in total. The zero-order valence-corrected chi connectivity index (χ0v) is 12.2. The van der Waals surface area contributed by atoms with Crippen LogP contribution in [0.3, 0.4) is 0 Å². The van der Waals surface area contributed by atoms with Gasteiger partial charge >= 0.3 is 0 Å². The van der Waals surface area contributed by atoms with E-state index < -0.39 is 0 Å². The lowest BCUT2D eigenvalue weighted by Gasteiger charge is -2.18. The summed E-state index contributed by atoms with van der Waals surface area (Å²) in [4.78, 5) is 0. The van der Waals surface area contributed by atoms with Crippen LogP contribution in [0.1, 0.15) is 24.1 Å². The lowest BCUT2D eigenvalue weighted by atomic mass is 10.0. The molecule has 1 aromatic carbocycles. The van der Waals surface area contributed by atoms with Crippen molar-refractivity contribution in [2.24, 2.45) is 0 Å². The molecule has 1 heterocycles. The second kappa shape index (κ2) is 6.73. The Balaban J connectivity index is 2.24. The van der Waals surface area contributed by atoms with Crippen molar-refractivity contribution in [1.29, 1.82) is 0 Å². The molecule has 19 heavy (non-hydrogen) atoms. The molecule has 0 spiro atoms. The standard InChI is InChI=1S/C14H15BrFN3/c1-2-17-13(11-6-7-18-19-9-11)8-10-4-3-5-12(16)14(10)15/h3-7,9,13,17H,2,8H2,1H3. The first-order valence-corrected chi connectivity index (χ1v) is 6.94. The van der Waals surface area contributed by atoms with Crippen LogP contribution >= 0.6 is 15.9 Å².